The van der Waals surface area contributed by atoms with Crippen LogP contribution in [0.4, 0.5) is 5.69 Å². The highest BCUT2D eigenvalue weighted by Crippen LogP contribution is 2.15. The van der Waals surface area contributed by atoms with Crippen LogP contribution in [0.2, 0.25) is 0 Å². The zero-order valence-electron chi connectivity index (χ0n) is 13.4. The molecule has 0 aromatic heterocycles. The molecule has 1 fully saturated rings. The molecule has 2 rings (SSSR count). The molecule has 2 N–H and O–H groups in total. The van der Waals surface area contributed by atoms with E-state index in [1.807, 2.05) is 13.8 Å². The van der Waals surface area contributed by atoms with Gasteiger partial charge in [-0.3, -0.25) is 4.79 Å². The SMILES string of the molecule is CC(C)=CC(=O)Nc1cccc(C(=O)OC2CCNCC2)c1.Cl. The van der Waals surface area contributed by atoms with E-state index in [1.54, 1.807) is 24.3 Å². The van der Waals surface area contributed by atoms with Crippen LogP contribution in [0.25, 0.3) is 0 Å². The lowest BCUT2D eigenvalue weighted by atomic mass is 10.1. The van der Waals surface area contributed by atoms with Gasteiger partial charge in [-0.25, -0.2) is 4.79 Å². The van der Waals surface area contributed by atoms with Crippen LogP contribution in [0.5, 0.6) is 0 Å². The number of esters is 1. The summed E-state index contributed by atoms with van der Waals surface area (Å²) in [6.45, 7) is 5.45. The fourth-order valence-corrected chi connectivity index (χ4v) is 2.30. The second-order valence-corrected chi connectivity index (χ2v) is 5.65. The first-order chi connectivity index (χ1) is 10.5. The van der Waals surface area contributed by atoms with Crippen LogP contribution >= 0.6 is 12.4 Å². The lowest BCUT2D eigenvalue weighted by molar-refractivity contribution is -0.111. The van der Waals surface area contributed by atoms with Crippen LogP contribution in [0.1, 0.15) is 37.0 Å². The number of ether oxygens (including phenoxy) is 1. The molecule has 0 radical (unpaired) electrons. The summed E-state index contributed by atoms with van der Waals surface area (Å²) in [6.07, 6.45) is 3.16. The van der Waals surface area contributed by atoms with Crippen LogP contribution < -0.4 is 10.6 Å². The number of rotatable bonds is 4. The number of allylic oxidation sites excluding steroid dienone is 1. The standard InChI is InChI=1S/C17H22N2O3.ClH/c1-12(2)10-16(20)19-14-5-3-4-13(11-14)17(21)22-15-6-8-18-9-7-15;/h3-5,10-11,15,18H,6-9H2,1-2H3,(H,19,20);1H. The van der Waals surface area contributed by atoms with E-state index < -0.39 is 0 Å². The second kappa shape index (κ2) is 9.33. The molecule has 1 aliphatic rings. The largest absolute Gasteiger partial charge is 0.459 e. The average molecular weight is 339 g/mol. The lowest BCUT2D eigenvalue weighted by Crippen LogP contribution is -2.33. The second-order valence-electron chi connectivity index (χ2n) is 5.65. The van der Waals surface area contributed by atoms with E-state index in [0.717, 1.165) is 31.5 Å². The molecule has 1 heterocycles. The summed E-state index contributed by atoms with van der Waals surface area (Å²) in [5, 5.41) is 5.97. The Morgan fingerprint density at radius 1 is 1.26 bits per heavy atom. The van der Waals surface area contributed by atoms with Crippen molar-refractivity contribution in [2.24, 2.45) is 0 Å². The summed E-state index contributed by atoms with van der Waals surface area (Å²) in [6, 6.07) is 6.81. The summed E-state index contributed by atoms with van der Waals surface area (Å²) >= 11 is 0. The molecule has 1 aliphatic heterocycles. The highest BCUT2D eigenvalue weighted by molar-refractivity contribution is 6.00. The first-order valence-electron chi connectivity index (χ1n) is 7.52. The number of nitrogens with one attached hydrogen (secondary N) is 2. The van der Waals surface area contributed by atoms with E-state index in [-0.39, 0.29) is 30.4 Å². The third kappa shape index (κ3) is 6.42. The molecule has 0 spiro atoms. The maximum Gasteiger partial charge on any atom is 0.338 e. The number of hydrogen-bond acceptors (Lipinski definition) is 4. The number of benzene rings is 1. The molecule has 23 heavy (non-hydrogen) atoms. The molecule has 0 saturated carbocycles. The van der Waals surface area contributed by atoms with Gasteiger partial charge in [0.25, 0.3) is 0 Å². The molecular formula is C17H23ClN2O3. The highest BCUT2D eigenvalue weighted by Gasteiger charge is 2.18. The maximum absolute atomic E-state index is 12.2. The summed E-state index contributed by atoms with van der Waals surface area (Å²) in [7, 11) is 0. The van der Waals surface area contributed by atoms with Gasteiger partial charge < -0.3 is 15.4 Å². The average Bonchev–Trinajstić information content (AvgIpc) is 2.47. The zero-order valence-corrected chi connectivity index (χ0v) is 14.2. The number of carbonyl (C=O) groups is 2. The van der Waals surface area contributed by atoms with Crippen molar-refractivity contribution in [2.45, 2.75) is 32.8 Å². The smallest absolute Gasteiger partial charge is 0.338 e. The maximum atomic E-state index is 12.2. The van der Waals surface area contributed by atoms with Crippen molar-refractivity contribution in [3.63, 3.8) is 0 Å². The minimum Gasteiger partial charge on any atom is -0.459 e. The molecule has 0 atom stereocenters. The monoisotopic (exact) mass is 338 g/mol. The van der Waals surface area contributed by atoms with Gasteiger partial charge in [0.05, 0.1) is 5.56 Å². The third-order valence-electron chi connectivity index (χ3n) is 3.35. The van der Waals surface area contributed by atoms with Gasteiger partial charge in [-0.15, -0.1) is 12.4 Å². The topological polar surface area (TPSA) is 67.4 Å². The minimum atomic E-state index is -0.342. The van der Waals surface area contributed by atoms with E-state index in [0.29, 0.717) is 11.3 Å². The fraction of sp³-hybridized carbons (Fsp3) is 0.412. The number of hydrogen-bond donors (Lipinski definition) is 2. The first-order valence-corrected chi connectivity index (χ1v) is 7.52. The normalized spacial score (nSPS) is 14.3. The summed E-state index contributed by atoms with van der Waals surface area (Å²) < 4.78 is 5.50. The number of piperidine rings is 1. The van der Waals surface area contributed by atoms with Gasteiger partial charge in [0, 0.05) is 11.8 Å². The van der Waals surface area contributed by atoms with Crippen molar-refractivity contribution in [3.05, 3.63) is 41.5 Å². The van der Waals surface area contributed by atoms with Gasteiger partial charge in [-0.1, -0.05) is 11.6 Å². The summed E-state index contributed by atoms with van der Waals surface area (Å²) in [5.74, 6) is -0.547. The molecule has 6 heteroatoms. The first kappa shape index (κ1) is 19.2. The Bertz CT molecular complexity index is 577. The van der Waals surface area contributed by atoms with Gasteiger partial charge in [0.1, 0.15) is 6.10 Å². The van der Waals surface area contributed by atoms with Crippen molar-refractivity contribution in [3.8, 4) is 0 Å². The molecular weight excluding hydrogens is 316 g/mol. The molecule has 126 valence electrons. The van der Waals surface area contributed by atoms with E-state index in [1.165, 1.54) is 6.08 Å². The molecule has 1 aromatic carbocycles. The Morgan fingerprint density at radius 2 is 1.96 bits per heavy atom. The Hall–Kier alpha value is -1.85. The molecule has 1 aromatic rings. The number of carbonyl (C=O) groups excluding carboxylic acids is 2. The van der Waals surface area contributed by atoms with E-state index in [4.69, 9.17) is 4.74 Å². The molecule has 0 aliphatic carbocycles. The van der Waals surface area contributed by atoms with Crippen molar-refractivity contribution >= 4 is 30.0 Å². The number of halogens is 1. The molecule has 0 unspecified atom stereocenters. The zero-order chi connectivity index (χ0) is 15.9. The van der Waals surface area contributed by atoms with Crippen LogP contribution in [0.3, 0.4) is 0 Å². The van der Waals surface area contributed by atoms with Gasteiger partial charge in [0.2, 0.25) is 5.91 Å². The van der Waals surface area contributed by atoms with Gasteiger partial charge in [-0.05, 0) is 58.0 Å². The van der Waals surface area contributed by atoms with Gasteiger partial charge in [0.15, 0.2) is 0 Å². The number of amides is 1. The Morgan fingerprint density at radius 3 is 2.61 bits per heavy atom. The lowest BCUT2D eigenvalue weighted by Gasteiger charge is -2.22. The fourth-order valence-electron chi connectivity index (χ4n) is 2.30. The van der Waals surface area contributed by atoms with E-state index in [9.17, 15) is 9.59 Å². The number of anilines is 1. The van der Waals surface area contributed by atoms with Crippen LogP contribution in [0, 0.1) is 0 Å². The minimum absolute atomic E-state index is 0. The van der Waals surface area contributed by atoms with Crippen molar-refractivity contribution in [1.29, 1.82) is 0 Å². The molecule has 1 saturated heterocycles. The quantitative estimate of drug-likeness (QED) is 0.654. The molecule has 0 bridgehead atoms. The van der Waals surface area contributed by atoms with Gasteiger partial charge >= 0.3 is 5.97 Å². The third-order valence-corrected chi connectivity index (χ3v) is 3.35. The van der Waals surface area contributed by atoms with Gasteiger partial charge in [-0.2, -0.15) is 0 Å². The predicted molar refractivity (Wildman–Crippen MR) is 93.1 cm³/mol. The van der Waals surface area contributed by atoms with Crippen LogP contribution in [-0.2, 0) is 9.53 Å². The van der Waals surface area contributed by atoms with Crippen molar-refractivity contribution in [2.75, 3.05) is 18.4 Å². The Kier molecular flexibility index (Phi) is 7.78. The predicted octanol–water partition coefficient (Wildman–Crippen LogP) is 2.92. The van der Waals surface area contributed by atoms with E-state index in [2.05, 4.69) is 10.6 Å². The Labute approximate surface area is 142 Å². The van der Waals surface area contributed by atoms with Crippen molar-refractivity contribution < 1.29 is 14.3 Å². The van der Waals surface area contributed by atoms with Crippen LogP contribution in [-0.4, -0.2) is 31.1 Å². The highest BCUT2D eigenvalue weighted by atomic mass is 35.5. The summed E-state index contributed by atoms with van der Waals surface area (Å²) in [5.41, 5.74) is 1.95. The molecule has 5 nitrogen and oxygen atoms in total. The van der Waals surface area contributed by atoms with Crippen molar-refractivity contribution in [1.82, 2.24) is 5.32 Å². The molecule has 1 amide bonds. The summed E-state index contributed by atoms with van der Waals surface area (Å²) in [4.78, 5) is 23.9. The Balaban J connectivity index is 0.00000264. The van der Waals surface area contributed by atoms with E-state index >= 15 is 0 Å². The van der Waals surface area contributed by atoms with Crippen LogP contribution in [0.15, 0.2) is 35.9 Å².